The van der Waals surface area contributed by atoms with Crippen molar-refractivity contribution in [1.82, 2.24) is 9.80 Å². The fraction of sp³-hybridized carbons (Fsp3) is 0.476. The van der Waals surface area contributed by atoms with Gasteiger partial charge in [0, 0.05) is 91.4 Å². The zero-order chi connectivity index (χ0) is 91.8. The predicted molar refractivity (Wildman–Crippen MR) is 509 cm³/mol. The first-order valence-electron chi connectivity index (χ1n) is 45.5. The molecule has 22 nitrogen and oxygen atoms in total. The van der Waals surface area contributed by atoms with E-state index in [1.807, 2.05) is 72.8 Å². The van der Waals surface area contributed by atoms with Gasteiger partial charge >= 0.3 is 30.1 Å². The number of likely N-dealkylation sites (tertiary alicyclic amines) is 2. The average molecular weight is 1870 g/mol. The van der Waals surface area contributed by atoms with Gasteiger partial charge in [-0.3, -0.25) is 25.2 Å². The fourth-order valence-corrected chi connectivity index (χ4v) is 24.5. The van der Waals surface area contributed by atoms with Gasteiger partial charge in [-0.1, -0.05) is 128 Å². The molecule has 14 aliphatic rings. The molecule has 10 fully saturated rings. The molecular formula is C105H122Cl4N6O16. The predicted octanol–water partition coefficient (Wildman–Crippen LogP) is 21.6. The lowest BCUT2D eigenvalue weighted by atomic mass is 9.31. The smallest absolute Gasteiger partial charge is 0.417 e. The number of ketones is 1. The number of benzene rings is 8. The quantitative estimate of drug-likeness (QED) is 0.0144. The van der Waals surface area contributed by atoms with Crippen LogP contribution >= 0.6 is 48.0 Å². The monoisotopic (exact) mass is 1860 g/mol. The molecule has 4 aliphatic heterocycles. The lowest BCUT2D eigenvalue weighted by molar-refractivity contribution is -0.276. The van der Waals surface area contributed by atoms with E-state index in [2.05, 4.69) is 107 Å². The number of Topliss-reactive ketones (excluding diaryl/α,β-unsaturated/α-hetero) is 1. The summed E-state index contributed by atoms with van der Waals surface area (Å²) in [7, 11) is 0. The van der Waals surface area contributed by atoms with Gasteiger partial charge in [-0.2, -0.15) is 0 Å². The number of aromatic carboxylic acids is 1. The molecule has 4 heterocycles. The minimum Gasteiger partial charge on any atom is -0.485 e. The van der Waals surface area contributed by atoms with Crippen LogP contribution in [0.25, 0.3) is 0 Å². The number of hydrogen-bond donors (Lipinski definition) is 6. The molecule has 0 radical (unpaired) electrons. The maximum Gasteiger partial charge on any atom is 0.417 e. The average Bonchev–Trinajstić information content (AvgIpc) is 1.55. The molecule has 0 unspecified atom stereocenters. The number of hydrogen-bond acceptors (Lipinski definition) is 19. The van der Waals surface area contributed by atoms with Crippen molar-refractivity contribution >= 4 is 101 Å². The topological polar surface area (TPSA) is 308 Å². The SMILES string of the molecule is CC(=O)c1ccc(NC(=O)Oc2ccc3c4c2O[C@H]2[C@]5(C)CC[C@@]6(C[C@@H]5[C@@](C)(O)C(C)(C)C)[C@@H](C3)N(CC3CC3)CC[C@]426)cc1.CC(C)(C)[C@](C)(O)[C@H]1C[C@@]23CC[C@@]1(C)[C@@H]1Oc4c(OC(=O)Nc5ccc(C(=O)O)cc5)ccc5c4[C@@]12CCN(CC1CC1)[C@@H]3C5.Cl.Cl.ClCCl.N#COc1ccc(C(=O)OCc2ccccc2)cc1.Nc1ccc(C(=O)OCc2ccccc2)cc1. The molecule has 0 aromatic heterocycles. The Morgan fingerprint density at radius 2 is 0.893 bits per heavy atom. The number of nitrogen functional groups attached to an aromatic ring is 1. The number of nitrogens with zero attached hydrogens (tertiary/aromatic N) is 3. The summed E-state index contributed by atoms with van der Waals surface area (Å²) < 4.78 is 41.4. The second kappa shape index (κ2) is 37.5. The highest BCUT2D eigenvalue weighted by Gasteiger charge is 2.83. The van der Waals surface area contributed by atoms with Crippen LogP contribution in [0.4, 0.5) is 26.7 Å². The number of ether oxygens (including phenoxy) is 7. The van der Waals surface area contributed by atoms with Crippen LogP contribution in [0.2, 0.25) is 0 Å². The van der Waals surface area contributed by atoms with Gasteiger partial charge in [-0.25, -0.2) is 24.0 Å². The molecule has 22 rings (SSSR count). The third-order valence-corrected chi connectivity index (χ3v) is 32.1. The van der Waals surface area contributed by atoms with E-state index in [4.69, 9.17) is 62.6 Å². The van der Waals surface area contributed by atoms with Crippen LogP contribution in [0.15, 0.2) is 182 Å². The summed E-state index contributed by atoms with van der Waals surface area (Å²) in [6, 6.07) is 53.7. The van der Waals surface area contributed by atoms with Gasteiger partial charge in [0.25, 0.3) is 6.26 Å². The van der Waals surface area contributed by atoms with Crippen molar-refractivity contribution in [3.8, 4) is 35.0 Å². The third-order valence-electron chi connectivity index (χ3n) is 32.1. The Morgan fingerprint density at radius 1 is 0.519 bits per heavy atom. The largest absolute Gasteiger partial charge is 0.485 e. The number of carbonyl (C=O) groups excluding carboxylic acids is 5. The molecule has 131 heavy (non-hydrogen) atoms. The Morgan fingerprint density at radius 3 is 1.25 bits per heavy atom. The van der Waals surface area contributed by atoms with E-state index in [1.54, 1.807) is 91.2 Å². The number of aliphatic hydroxyl groups is 2. The molecular weight excluding hydrogens is 1740 g/mol. The van der Waals surface area contributed by atoms with Crippen molar-refractivity contribution in [2.45, 2.75) is 226 Å². The molecule has 4 spiro atoms. The highest BCUT2D eigenvalue weighted by Crippen LogP contribution is 2.82. The molecule has 2 saturated heterocycles. The third kappa shape index (κ3) is 17.8. The number of nitrogens with one attached hydrogen (secondary N) is 2. The Balaban J connectivity index is 0.000000150. The summed E-state index contributed by atoms with van der Waals surface area (Å²) in [6.45, 7) is 28.4. The van der Waals surface area contributed by atoms with E-state index in [0.29, 0.717) is 68.8 Å². The summed E-state index contributed by atoms with van der Waals surface area (Å²) in [5, 5.41) is 48.1. The number of nitriles is 1. The molecule has 7 N–H and O–H groups in total. The van der Waals surface area contributed by atoms with Crippen molar-refractivity contribution in [1.29, 1.82) is 5.26 Å². The minimum absolute atomic E-state index is 0. The number of amides is 2. The number of carbonyl (C=O) groups is 6. The highest BCUT2D eigenvalue weighted by atomic mass is 35.5. The van der Waals surface area contributed by atoms with E-state index in [9.17, 15) is 44.1 Å². The second-order valence-corrected chi connectivity index (χ2v) is 41.7. The molecule has 10 aliphatic carbocycles. The number of fused-ring (bicyclic) bond motifs is 4. The lowest BCUT2D eigenvalue weighted by Gasteiger charge is -2.75. The first-order valence-corrected chi connectivity index (χ1v) is 46.5. The molecule has 26 heteroatoms. The standard InChI is InChI=1S/C38H48N2O5.C37H46N2O6.C15H11NO3.C14H13NO2.CH2Cl2.2ClH/c1-22(41)24-9-12-26(13-10-24)39-33(42)44-27-14-11-25-19-29-37-16-15-35(5,28(20-37)36(6,43)34(2,3)4)32-38(37,30(25)31(27)45-32)17-18-40(29)21-23-7-8-23;1-33(2,3)35(5,43)26-19-36-15-14-34(26,4)31-37(36)16-17-39(20-21-6-7-21)27(36)18-23-10-13-25(29(45-31)28(23)37)44-32(42)38-24-11-8-22(9-12-24)30(40)41;16-11-19-14-8-6-13(7-9-14)15(17)18-10-12-4-2-1-3-5-12;15-13-8-6-12(7-9-13)14(16)17-10-11-4-2-1-3-5-11;2-1-3;;/h9-14,23,28-29,32,43H,7-8,15-21H2,1-6H3,(H,39,42);8-13,21,26-27,31,43H,6-7,14-20H2,1-5H3,(H,38,42)(H,40,41);1-9H,10H2;1-9H,10,15H2;1H2;2*1H/t28-,29+,32-,35+,36+,37+,38-;26-,27+,31-,34+,35+,36+,37-;;;;;/m00...../s1. The van der Waals surface area contributed by atoms with Crippen molar-refractivity contribution in [3.05, 3.63) is 238 Å². The number of halogens is 4. The first kappa shape index (κ1) is 97.1. The van der Waals surface area contributed by atoms with Crippen molar-refractivity contribution in [2.75, 3.05) is 47.9 Å². The fourth-order valence-electron chi connectivity index (χ4n) is 24.5. The van der Waals surface area contributed by atoms with Gasteiger partial charge < -0.3 is 54.2 Å². The maximum atomic E-state index is 13.2. The van der Waals surface area contributed by atoms with E-state index in [1.165, 1.54) is 80.1 Å². The number of rotatable bonds is 19. The molecule has 8 bridgehead atoms. The summed E-state index contributed by atoms with van der Waals surface area (Å²) in [5.74, 6) is 2.71. The molecule has 2 amide bonds. The summed E-state index contributed by atoms with van der Waals surface area (Å²) >= 11 is 9.53. The maximum absolute atomic E-state index is 13.2. The minimum atomic E-state index is -1.02. The molecule has 696 valence electrons. The van der Waals surface area contributed by atoms with Gasteiger partial charge in [0.2, 0.25) is 0 Å². The van der Waals surface area contributed by atoms with Crippen LogP contribution in [0.5, 0.6) is 28.7 Å². The Labute approximate surface area is 790 Å². The van der Waals surface area contributed by atoms with E-state index in [0.717, 1.165) is 106 Å². The van der Waals surface area contributed by atoms with Crippen molar-refractivity contribution < 1.29 is 77.2 Å². The van der Waals surface area contributed by atoms with Crippen LogP contribution in [-0.2, 0) is 46.4 Å². The Kier molecular flexibility index (Phi) is 27.8. The van der Waals surface area contributed by atoms with Gasteiger partial charge in [0.05, 0.1) is 33.2 Å². The summed E-state index contributed by atoms with van der Waals surface area (Å²) in [4.78, 5) is 78.4. The highest BCUT2D eigenvalue weighted by molar-refractivity contribution is 6.40. The first-order chi connectivity index (χ1) is 61.4. The normalized spacial score (nSPS) is 27.3. The molecule has 8 aromatic carbocycles. The number of anilines is 3. The van der Waals surface area contributed by atoms with E-state index in [-0.39, 0.29) is 128 Å². The Hall–Kier alpha value is -9.93. The molecule has 14 atom stereocenters. The van der Waals surface area contributed by atoms with Gasteiger partial charge in [-0.05, 0) is 290 Å². The van der Waals surface area contributed by atoms with Crippen LogP contribution in [0, 0.1) is 67.7 Å². The Bertz CT molecular complexity index is 5350. The van der Waals surface area contributed by atoms with Gasteiger partial charge in [0.1, 0.15) is 31.2 Å². The van der Waals surface area contributed by atoms with E-state index >= 15 is 0 Å². The summed E-state index contributed by atoms with van der Waals surface area (Å²) in [6.07, 6.45) is 15.8. The molecule has 8 aromatic rings. The van der Waals surface area contributed by atoms with E-state index < -0.39 is 35.3 Å². The number of alkyl halides is 2. The number of carboxylic acid groups (broad SMARTS) is 1. The molecule has 8 saturated carbocycles. The number of carboxylic acids is 1. The number of esters is 2. The van der Waals surface area contributed by atoms with Gasteiger partial charge in [-0.15, -0.1) is 53.3 Å². The van der Waals surface area contributed by atoms with Crippen LogP contribution < -0.4 is 40.1 Å². The van der Waals surface area contributed by atoms with Crippen LogP contribution in [0.1, 0.15) is 228 Å². The lowest BCUT2D eigenvalue weighted by Crippen LogP contribution is -2.80. The van der Waals surface area contributed by atoms with Crippen LogP contribution in [0.3, 0.4) is 0 Å². The summed E-state index contributed by atoms with van der Waals surface area (Å²) in [5.41, 5.74) is 12.8. The van der Waals surface area contributed by atoms with Gasteiger partial charge in [0.15, 0.2) is 28.8 Å². The van der Waals surface area contributed by atoms with Crippen molar-refractivity contribution in [3.63, 3.8) is 0 Å². The zero-order valence-electron chi connectivity index (χ0n) is 76.4. The number of piperidine rings is 2. The number of nitrogens with two attached hydrogens (primary N) is 1. The van der Waals surface area contributed by atoms with Crippen molar-refractivity contribution in [2.24, 2.45) is 56.2 Å². The zero-order valence-corrected chi connectivity index (χ0v) is 79.6. The van der Waals surface area contributed by atoms with Crippen LogP contribution in [-0.4, -0.2) is 128 Å². The second-order valence-electron chi connectivity index (χ2n) is 40.9.